The van der Waals surface area contributed by atoms with Gasteiger partial charge in [0.1, 0.15) is 10.9 Å². The van der Waals surface area contributed by atoms with E-state index in [9.17, 15) is 0 Å². The molecule has 0 bridgehead atoms. The van der Waals surface area contributed by atoms with Gasteiger partial charge in [-0.05, 0) is 25.3 Å². The van der Waals surface area contributed by atoms with Crippen molar-refractivity contribution in [2.24, 2.45) is 4.99 Å². The first-order valence-corrected chi connectivity index (χ1v) is 5.31. The van der Waals surface area contributed by atoms with Gasteiger partial charge in [0.05, 0.1) is 0 Å². The molecule has 0 aliphatic carbocycles. The number of aliphatic imine (C=N–C) groups is 1. The third kappa shape index (κ3) is 2.45. The summed E-state index contributed by atoms with van der Waals surface area (Å²) in [5.74, 6) is 0.545. The first-order valence-electron chi connectivity index (χ1n) is 4.09. The zero-order valence-corrected chi connectivity index (χ0v) is 8.64. The van der Waals surface area contributed by atoms with E-state index in [1.807, 2.05) is 25.3 Å². The van der Waals surface area contributed by atoms with Gasteiger partial charge in [-0.25, -0.2) is 4.98 Å². The van der Waals surface area contributed by atoms with Crippen LogP contribution in [0.1, 0.15) is 12.5 Å². The van der Waals surface area contributed by atoms with Crippen molar-refractivity contribution in [1.82, 2.24) is 4.98 Å². The Morgan fingerprint density at radius 3 is 3.00 bits per heavy atom. The van der Waals surface area contributed by atoms with Crippen molar-refractivity contribution in [2.75, 3.05) is 18.5 Å². The third-order valence-corrected chi connectivity index (χ3v) is 2.30. The lowest BCUT2D eigenvalue weighted by Gasteiger charge is -2.04. The highest BCUT2D eigenvalue weighted by Gasteiger charge is 2.05. The molecule has 1 heterocycles. The topological polar surface area (TPSA) is 51.3 Å². The molecule has 70 valence electrons. The molecule has 0 fully saturated rings. The summed E-state index contributed by atoms with van der Waals surface area (Å²) in [5.41, 5.74) is 6.65. The summed E-state index contributed by atoms with van der Waals surface area (Å²) < 4.78 is 0. The number of nitrogens with zero attached hydrogens (tertiary/aromatic N) is 2. The van der Waals surface area contributed by atoms with Crippen molar-refractivity contribution < 1.29 is 0 Å². The molecule has 2 N–H and O–H groups in total. The van der Waals surface area contributed by atoms with Crippen LogP contribution in [0.2, 0.25) is 0 Å². The maximum absolute atomic E-state index is 5.72. The fourth-order valence-corrected chi connectivity index (χ4v) is 1.65. The molecule has 0 spiro atoms. The van der Waals surface area contributed by atoms with Crippen molar-refractivity contribution >= 4 is 22.6 Å². The van der Waals surface area contributed by atoms with E-state index in [0.29, 0.717) is 5.82 Å². The van der Waals surface area contributed by atoms with Crippen LogP contribution in [0.5, 0.6) is 0 Å². The monoisotopic (exact) mass is 195 g/mol. The van der Waals surface area contributed by atoms with E-state index in [1.54, 1.807) is 18.0 Å². The Morgan fingerprint density at radius 1 is 1.69 bits per heavy atom. The van der Waals surface area contributed by atoms with Crippen LogP contribution in [-0.2, 0) is 0 Å². The second-order valence-electron chi connectivity index (χ2n) is 2.42. The Bertz CT molecular complexity index is 309. The molecule has 4 heteroatoms. The summed E-state index contributed by atoms with van der Waals surface area (Å²) in [6.45, 7) is 2.77. The van der Waals surface area contributed by atoms with Crippen LogP contribution in [0.25, 0.3) is 0 Å². The molecule has 0 aliphatic heterocycles. The van der Waals surface area contributed by atoms with Gasteiger partial charge in [-0.1, -0.05) is 0 Å². The number of anilines is 1. The average molecular weight is 195 g/mol. The van der Waals surface area contributed by atoms with Crippen molar-refractivity contribution in [2.45, 2.75) is 6.92 Å². The standard InChI is InChI=1S/C9H13N3S/c1-3-11-9(13-2)7-5-4-6-12-8(7)10/h4-6H,3H2,1-2H3,(H2,10,12). The number of nitrogen functional groups attached to an aromatic ring is 1. The third-order valence-electron chi connectivity index (χ3n) is 1.56. The van der Waals surface area contributed by atoms with Crippen LogP contribution in [-0.4, -0.2) is 22.8 Å². The maximum Gasteiger partial charge on any atom is 0.133 e. The molecular weight excluding hydrogens is 182 g/mol. The fraction of sp³-hybridized carbons (Fsp3) is 0.333. The molecule has 0 saturated carbocycles. The minimum Gasteiger partial charge on any atom is -0.383 e. The number of aromatic nitrogens is 1. The second kappa shape index (κ2) is 4.87. The Morgan fingerprint density at radius 2 is 2.46 bits per heavy atom. The van der Waals surface area contributed by atoms with Crippen LogP contribution in [0.15, 0.2) is 23.3 Å². The van der Waals surface area contributed by atoms with Gasteiger partial charge in [-0.15, -0.1) is 11.8 Å². The van der Waals surface area contributed by atoms with Crippen LogP contribution >= 0.6 is 11.8 Å². The summed E-state index contributed by atoms with van der Waals surface area (Å²) >= 11 is 1.59. The number of hydrogen-bond donors (Lipinski definition) is 1. The molecule has 3 nitrogen and oxygen atoms in total. The van der Waals surface area contributed by atoms with E-state index in [-0.39, 0.29) is 0 Å². The summed E-state index contributed by atoms with van der Waals surface area (Å²) in [6.07, 6.45) is 3.67. The molecular formula is C9H13N3S. The van der Waals surface area contributed by atoms with E-state index in [4.69, 9.17) is 5.73 Å². The van der Waals surface area contributed by atoms with Gasteiger partial charge in [0.25, 0.3) is 0 Å². The largest absolute Gasteiger partial charge is 0.383 e. The Kier molecular flexibility index (Phi) is 3.76. The zero-order chi connectivity index (χ0) is 9.68. The summed E-state index contributed by atoms with van der Waals surface area (Å²) in [5, 5.41) is 0.952. The number of thioether (sulfide) groups is 1. The van der Waals surface area contributed by atoms with Crippen LogP contribution in [0.3, 0.4) is 0 Å². The number of pyridine rings is 1. The van der Waals surface area contributed by atoms with E-state index >= 15 is 0 Å². The van der Waals surface area contributed by atoms with Crippen molar-refractivity contribution in [3.8, 4) is 0 Å². The molecule has 13 heavy (non-hydrogen) atoms. The Balaban J connectivity index is 3.05. The smallest absolute Gasteiger partial charge is 0.133 e. The lowest BCUT2D eigenvalue weighted by molar-refractivity contribution is 1.14. The van der Waals surface area contributed by atoms with Crippen LogP contribution in [0.4, 0.5) is 5.82 Å². The lowest BCUT2D eigenvalue weighted by atomic mass is 10.3. The maximum atomic E-state index is 5.72. The molecule has 1 rings (SSSR count). The summed E-state index contributed by atoms with van der Waals surface area (Å²) in [4.78, 5) is 8.35. The number of nitrogens with two attached hydrogens (primary N) is 1. The summed E-state index contributed by atoms with van der Waals surface area (Å²) in [7, 11) is 0. The van der Waals surface area contributed by atoms with Crippen LogP contribution < -0.4 is 5.73 Å². The molecule has 0 aliphatic rings. The van der Waals surface area contributed by atoms with E-state index in [2.05, 4.69) is 9.98 Å². The minimum atomic E-state index is 0.545. The molecule has 0 radical (unpaired) electrons. The second-order valence-corrected chi connectivity index (χ2v) is 3.21. The average Bonchev–Trinajstić information content (AvgIpc) is 2.16. The van der Waals surface area contributed by atoms with Gasteiger partial charge in [0.2, 0.25) is 0 Å². The first kappa shape index (κ1) is 10.1. The van der Waals surface area contributed by atoms with Gasteiger partial charge in [-0.3, -0.25) is 4.99 Å². The van der Waals surface area contributed by atoms with E-state index < -0.39 is 0 Å². The highest BCUT2D eigenvalue weighted by atomic mass is 32.2. The SMILES string of the molecule is CCN=C(SC)c1cccnc1N. The van der Waals surface area contributed by atoms with Gasteiger partial charge in [0, 0.05) is 18.3 Å². The molecule has 1 aromatic rings. The van der Waals surface area contributed by atoms with Gasteiger partial charge < -0.3 is 5.73 Å². The van der Waals surface area contributed by atoms with Gasteiger partial charge in [0.15, 0.2) is 0 Å². The molecule has 0 saturated heterocycles. The van der Waals surface area contributed by atoms with Crippen molar-refractivity contribution in [1.29, 1.82) is 0 Å². The number of hydrogen-bond acceptors (Lipinski definition) is 4. The predicted octanol–water partition coefficient (Wildman–Crippen LogP) is 1.79. The molecule has 0 unspecified atom stereocenters. The van der Waals surface area contributed by atoms with Crippen molar-refractivity contribution in [3.05, 3.63) is 23.9 Å². The Hall–Kier alpha value is -1.03. The quantitative estimate of drug-likeness (QED) is 0.578. The fourth-order valence-electron chi connectivity index (χ4n) is 1.00. The number of rotatable bonds is 2. The van der Waals surface area contributed by atoms with Gasteiger partial charge >= 0.3 is 0 Å². The van der Waals surface area contributed by atoms with Gasteiger partial charge in [-0.2, -0.15) is 0 Å². The molecule has 0 aromatic carbocycles. The predicted molar refractivity (Wildman–Crippen MR) is 59.2 cm³/mol. The summed E-state index contributed by atoms with van der Waals surface area (Å²) in [6, 6.07) is 3.81. The minimum absolute atomic E-state index is 0.545. The highest BCUT2D eigenvalue weighted by molar-refractivity contribution is 8.13. The highest BCUT2D eigenvalue weighted by Crippen LogP contribution is 2.15. The normalized spacial score (nSPS) is 11.7. The van der Waals surface area contributed by atoms with Crippen molar-refractivity contribution in [3.63, 3.8) is 0 Å². The molecule has 0 amide bonds. The zero-order valence-electron chi connectivity index (χ0n) is 7.82. The van der Waals surface area contributed by atoms with E-state index in [1.165, 1.54) is 0 Å². The Labute approximate surface area is 82.5 Å². The first-order chi connectivity index (χ1) is 6.29. The molecule has 0 atom stereocenters. The lowest BCUT2D eigenvalue weighted by Crippen LogP contribution is -2.03. The van der Waals surface area contributed by atoms with Crippen LogP contribution in [0, 0.1) is 0 Å². The van der Waals surface area contributed by atoms with E-state index in [0.717, 1.165) is 17.2 Å². The molecule has 1 aromatic heterocycles.